The van der Waals surface area contributed by atoms with Gasteiger partial charge in [0.1, 0.15) is 5.82 Å². The molecule has 0 spiro atoms. The average Bonchev–Trinajstić information content (AvgIpc) is 3.07. The first kappa shape index (κ1) is 18.4. The topological polar surface area (TPSA) is 81.6 Å². The molecule has 1 saturated heterocycles. The minimum Gasteiger partial charge on any atom is -0.408 e. The zero-order valence-corrected chi connectivity index (χ0v) is 15.6. The van der Waals surface area contributed by atoms with Crippen molar-refractivity contribution in [3.05, 3.63) is 57.8 Å². The quantitative estimate of drug-likeness (QED) is 0.698. The molecule has 146 valence electrons. The molecule has 7 nitrogen and oxygen atoms in total. The second-order valence-electron chi connectivity index (χ2n) is 6.55. The van der Waals surface area contributed by atoms with E-state index in [9.17, 15) is 14.0 Å². The predicted octanol–water partition coefficient (Wildman–Crippen LogP) is 2.67. The van der Waals surface area contributed by atoms with Gasteiger partial charge in [-0.15, -0.1) is 0 Å². The van der Waals surface area contributed by atoms with Crippen molar-refractivity contribution >= 4 is 40.0 Å². The van der Waals surface area contributed by atoms with Gasteiger partial charge in [-0.1, -0.05) is 11.6 Å². The van der Waals surface area contributed by atoms with Crippen molar-refractivity contribution in [1.82, 2.24) is 9.88 Å². The number of fused-ring (bicyclic) bond motifs is 1. The highest BCUT2D eigenvalue weighted by Crippen LogP contribution is 2.23. The number of hydrogen-bond donors (Lipinski definition) is 2. The normalized spacial score (nSPS) is 14.5. The SMILES string of the molecule is O=C(CNc1ccc2[nH]c(=O)oc2c1)N1CCN(c2ccc(Cl)c(F)c2)CC1. The van der Waals surface area contributed by atoms with E-state index in [4.69, 9.17) is 16.0 Å². The maximum Gasteiger partial charge on any atom is 0.417 e. The first-order valence-corrected chi connectivity index (χ1v) is 9.22. The van der Waals surface area contributed by atoms with E-state index in [0.717, 1.165) is 5.69 Å². The largest absolute Gasteiger partial charge is 0.417 e. The maximum absolute atomic E-state index is 13.6. The number of carbonyl (C=O) groups is 1. The number of hydrogen-bond acceptors (Lipinski definition) is 5. The van der Waals surface area contributed by atoms with Crippen LogP contribution in [-0.4, -0.2) is 48.5 Å². The summed E-state index contributed by atoms with van der Waals surface area (Å²) in [6.45, 7) is 2.48. The van der Waals surface area contributed by atoms with Crippen LogP contribution in [-0.2, 0) is 4.79 Å². The predicted molar refractivity (Wildman–Crippen MR) is 106 cm³/mol. The Morgan fingerprint density at radius 1 is 1.18 bits per heavy atom. The standard InChI is InChI=1S/C19H18ClFN4O3/c20-14-3-2-13(10-15(14)21)24-5-7-25(8-6-24)18(26)11-22-12-1-4-16-17(9-12)28-19(27)23-16/h1-4,9-10,22H,5-8,11H2,(H,23,27). The number of amides is 1. The Kier molecular flexibility index (Phi) is 4.95. The molecule has 1 aliphatic heterocycles. The molecule has 1 aliphatic rings. The van der Waals surface area contributed by atoms with Gasteiger partial charge >= 0.3 is 5.76 Å². The van der Waals surface area contributed by atoms with Crippen molar-refractivity contribution in [3.63, 3.8) is 0 Å². The molecule has 0 bridgehead atoms. The summed E-state index contributed by atoms with van der Waals surface area (Å²) in [5.41, 5.74) is 2.50. The Hall–Kier alpha value is -3.00. The van der Waals surface area contributed by atoms with Gasteiger partial charge in [0, 0.05) is 43.6 Å². The molecule has 3 aromatic rings. The van der Waals surface area contributed by atoms with Gasteiger partial charge in [-0.2, -0.15) is 0 Å². The summed E-state index contributed by atoms with van der Waals surface area (Å²) in [5, 5.41) is 3.15. The van der Waals surface area contributed by atoms with E-state index in [1.807, 2.05) is 4.90 Å². The molecule has 2 N–H and O–H groups in total. The highest BCUT2D eigenvalue weighted by atomic mass is 35.5. The fraction of sp³-hybridized carbons (Fsp3) is 0.263. The molecule has 0 aliphatic carbocycles. The van der Waals surface area contributed by atoms with Crippen LogP contribution in [0.25, 0.3) is 11.1 Å². The third-order valence-electron chi connectivity index (χ3n) is 4.77. The summed E-state index contributed by atoms with van der Waals surface area (Å²) in [6, 6.07) is 9.90. The number of aromatic nitrogens is 1. The Morgan fingerprint density at radius 2 is 1.96 bits per heavy atom. The van der Waals surface area contributed by atoms with Crippen molar-refractivity contribution in [1.29, 1.82) is 0 Å². The monoisotopic (exact) mass is 404 g/mol. The molecule has 0 unspecified atom stereocenters. The molecule has 1 fully saturated rings. The van der Waals surface area contributed by atoms with Gasteiger partial charge in [-0.05, 0) is 30.3 Å². The number of piperazine rings is 1. The summed E-state index contributed by atoms with van der Waals surface area (Å²) < 4.78 is 18.7. The second kappa shape index (κ2) is 7.55. The number of H-pyrrole nitrogens is 1. The van der Waals surface area contributed by atoms with E-state index < -0.39 is 11.6 Å². The summed E-state index contributed by atoms with van der Waals surface area (Å²) >= 11 is 5.73. The number of nitrogens with one attached hydrogen (secondary N) is 2. The lowest BCUT2D eigenvalue weighted by molar-refractivity contribution is -0.129. The highest BCUT2D eigenvalue weighted by Gasteiger charge is 2.21. The smallest absolute Gasteiger partial charge is 0.408 e. The summed E-state index contributed by atoms with van der Waals surface area (Å²) in [4.78, 5) is 30.0. The minimum atomic E-state index is -0.512. The van der Waals surface area contributed by atoms with Gasteiger partial charge in [-0.3, -0.25) is 9.78 Å². The fourth-order valence-corrected chi connectivity index (χ4v) is 3.36. The summed E-state index contributed by atoms with van der Waals surface area (Å²) in [5.74, 6) is -0.990. The number of nitrogens with zero attached hydrogens (tertiary/aromatic N) is 2. The molecule has 0 saturated carbocycles. The third kappa shape index (κ3) is 3.82. The van der Waals surface area contributed by atoms with Crippen LogP contribution >= 0.6 is 11.6 Å². The zero-order chi connectivity index (χ0) is 19.7. The van der Waals surface area contributed by atoms with Crippen LogP contribution in [0.15, 0.2) is 45.6 Å². The number of rotatable bonds is 4. The second-order valence-corrected chi connectivity index (χ2v) is 6.95. The van der Waals surface area contributed by atoms with Gasteiger partial charge in [0.25, 0.3) is 0 Å². The van der Waals surface area contributed by atoms with E-state index in [0.29, 0.717) is 43.0 Å². The molecular formula is C19H18ClFN4O3. The van der Waals surface area contributed by atoms with Gasteiger partial charge < -0.3 is 19.5 Å². The molecule has 2 aromatic carbocycles. The number of oxazole rings is 1. The summed E-state index contributed by atoms with van der Waals surface area (Å²) in [7, 11) is 0. The van der Waals surface area contributed by atoms with E-state index >= 15 is 0 Å². The van der Waals surface area contributed by atoms with Gasteiger partial charge in [0.15, 0.2) is 5.58 Å². The Bertz CT molecular complexity index is 1070. The van der Waals surface area contributed by atoms with Crippen LogP contribution in [0, 0.1) is 5.82 Å². The third-order valence-corrected chi connectivity index (χ3v) is 5.07. The number of aromatic amines is 1. The lowest BCUT2D eigenvalue weighted by Crippen LogP contribution is -2.50. The first-order chi connectivity index (χ1) is 13.5. The average molecular weight is 405 g/mol. The fourth-order valence-electron chi connectivity index (χ4n) is 3.24. The van der Waals surface area contributed by atoms with Crippen molar-refractivity contribution in [3.8, 4) is 0 Å². The lowest BCUT2D eigenvalue weighted by Gasteiger charge is -2.36. The summed E-state index contributed by atoms with van der Waals surface area (Å²) in [6.07, 6.45) is 0. The van der Waals surface area contributed by atoms with Crippen molar-refractivity contribution < 1.29 is 13.6 Å². The lowest BCUT2D eigenvalue weighted by atomic mass is 10.2. The van der Waals surface area contributed by atoms with Crippen LogP contribution in [0.5, 0.6) is 0 Å². The number of anilines is 2. The molecule has 1 amide bonds. The van der Waals surface area contributed by atoms with Crippen LogP contribution in [0.1, 0.15) is 0 Å². The van der Waals surface area contributed by atoms with E-state index in [1.165, 1.54) is 12.1 Å². The van der Waals surface area contributed by atoms with Crippen LogP contribution < -0.4 is 16.0 Å². The molecular weight excluding hydrogens is 387 g/mol. The van der Waals surface area contributed by atoms with E-state index in [2.05, 4.69) is 10.3 Å². The van der Waals surface area contributed by atoms with Crippen molar-refractivity contribution in [2.75, 3.05) is 42.9 Å². The van der Waals surface area contributed by atoms with Gasteiger partial charge in [0.05, 0.1) is 17.1 Å². The van der Waals surface area contributed by atoms with Crippen molar-refractivity contribution in [2.45, 2.75) is 0 Å². The zero-order valence-electron chi connectivity index (χ0n) is 14.9. The van der Waals surface area contributed by atoms with E-state index in [-0.39, 0.29) is 17.5 Å². The maximum atomic E-state index is 13.6. The van der Waals surface area contributed by atoms with Crippen LogP contribution in [0.2, 0.25) is 5.02 Å². The van der Waals surface area contributed by atoms with Crippen LogP contribution in [0.3, 0.4) is 0 Å². The van der Waals surface area contributed by atoms with Crippen molar-refractivity contribution in [2.24, 2.45) is 0 Å². The highest BCUT2D eigenvalue weighted by molar-refractivity contribution is 6.30. The molecule has 0 atom stereocenters. The number of benzene rings is 2. The Balaban J connectivity index is 1.32. The number of halogens is 2. The Labute approximate surface area is 164 Å². The van der Waals surface area contributed by atoms with E-state index in [1.54, 1.807) is 29.2 Å². The first-order valence-electron chi connectivity index (χ1n) is 8.84. The molecule has 28 heavy (non-hydrogen) atoms. The number of carbonyl (C=O) groups excluding carboxylic acids is 1. The molecule has 1 aromatic heterocycles. The Morgan fingerprint density at radius 3 is 2.71 bits per heavy atom. The van der Waals surface area contributed by atoms with Gasteiger partial charge in [-0.25, -0.2) is 9.18 Å². The molecule has 4 rings (SSSR count). The molecule has 9 heteroatoms. The van der Waals surface area contributed by atoms with Crippen LogP contribution in [0.4, 0.5) is 15.8 Å². The molecule has 2 heterocycles. The minimum absolute atomic E-state index is 0.0300. The molecule has 0 radical (unpaired) electrons. The van der Waals surface area contributed by atoms with Gasteiger partial charge in [0.2, 0.25) is 5.91 Å².